The summed E-state index contributed by atoms with van der Waals surface area (Å²) >= 11 is 0. The number of rotatable bonds is 4. The lowest BCUT2D eigenvalue weighted by Crippen LogP contribution is -2.41. The summed E-state index contributed by atoms with van der Waals surface area (Å²) in [6.45, 7) is 10.0. The molecule has 160 valence electrons. The van der Waals surface area contributed by atoms with Crippen LogP contribution in [0.2, 0.25) is 0 Å². The molecule has 29 heavy (non-hydrogen) atoms. The van der Waals surface area contributed by atoms with E-state index in [1.165, 1.54) is 0 Å². The van der Waals surface area contributed by atoms with Crippen LogP contribution in [0, 0.1) is 5.92 Å². The molecule has 1 saturated heterocycles. The van der Waals surface area contributed by atoms with E-state index in [1.807, 2.05) is 38.3 Å². The van der Waals surface area contributed by atoms with E-state index in [-0.39, 0.29) is 18.0 Å². The molecule has 1 amide bonds. The minimum Gasteiger partial charge on any atom is -0.465 e. The van der Waals surface area contributed by atoms with Gasteiger partial charge in [-0.3, -0.25) is 4.79 Å². The summed E-state index contributed by atoms with van der Waals surface area (Å²) in [5.41, 5.74) is -0.470. The van der Waals surface area contributed by atoms with Crippen LogP contribution in [0.5, 0.6) is 0 Å². The minimum atomic E-state index is -0.470. The normalized spacial score (nSPS) is 20.6. The van der Waals surface area contributed by atoms with E-state index in [9.17, 15) is 9.59 Å². The Morgan fingerprint density at radius 2 is 1.86 bits per heavy atom. The highest BCUT2D eigenvalue weighted by atomic mass is 16.6. The molecule has 2 aliphatic rings. The van der Waals surface area contributed by atoms with Gasteiger partial charge in [-0.2, -0.15) is 0 Å². The van der Waals surface area contributed by atoms with Crippen LogP contribution in [0.25, 0.3) is 6.08 Å². The number of fused-ring (bicyclic) bond motifs is 1. The predicted molar refractivity (Wildman–Crippen MR) is 108 cm³/mol. The number of amides is 1. The van der Waals surface area contributed by atoms with E-state index in [1.54, 1.807) is 4.90 Å². The fourth-order valence-electron chi connectivity index (χ4n) is 3.81. The molecule has 3 rings (SSSR count). The van der Waals surface area contributed by atoms with E-state index in [2.05, 4.69) is 16.3 Å². The van der Waals surface area contributed by atoms with E-state index in [0.717, 1.165) is 38.1 Å². The molecule has 3 heterocycles. The van der Waals surface area contributed by atoms with Crippen molar-refractivity contribution in [3.05, 3.63) is 17.7 Å². The lowest BCUT2D eigenvalue weighted by Gasteiger charge is -2.32. The summed E-state index contributed by atoms with van der Waals surface area (Å²) in [7, 11) is 0. The van der Waals surface area contributed by atoms with Gasteiger partial charge in [0.2, 0.25) is 0 Å². The second kappa shape index (κ2) is 8.97. The van der Waals surface area contributed by atoms with Crippen LogP contribution < -0.4 is 0 Å². The molecule has 0 aromatic carbocycles. The first kappa shape index (κ1) is 21.3. The highest BCUT2D eigenvalue weighted by Crippen LogP contribution is 2.28. The zero-order chi connectivity index (χ0) is 21.0. The first-order valence-corrected chi connectivity index (χ1v) is 10.5. The van der Waals surface area contributed by atoms with Crippen molar-refractivity contribution in [2.45, 2.75) is 71.4 Å². The van der Waals surface area contributed by atoms with Gasteiger partial charge in [0.15, 0.2) is 5.82 Å². The number of hydrogen-bond acceptors (Lipinski definition) is 6. The molecular formula is C21H32N4O4. The highest BCUT2D eigenvalue weighted by molar-refractivity contribution is 5.77. The summed E-state index contributed by atoms with van der Waals surface area (Å²) in [5.74, 6) is 1.32. The lowest BCUT2D eigenvalue weighted by atomic mass is 9.96. The molecule has 1 fully saturated rings. The maximum atomic E-state index is 12.2. The average molecular weight is 405 g/mol. The van der Waals surface area contributed by atoms with Crippen LogP contribution in [-0.4, -0.2) is 57.0 Å². The number of carbonyl (C=O) groups excluding carboxylic acids is 2. The van der Waals surface area contributed by atoms with Crippen molar-refractivity contribution in [3.63, 3.8) is 0 Å². The molecule has 8 heteroatoms. The first-order chi connectivity index (χ1) is 13.8. The monoisotopic (exact) mass is 404 g/mol. The summed E-state index contributed by atoms with van der Waals surface area (Å²) in [6.07, 6.45) is 7.35. The van der Waals surface area contributed by atoms with Crippen molar-refractivity contribution >= 4 is 18.1 Å². The van der Waals surface area contributed by atoms with Crippen molar-refractivity contribution in [1.82, 2.24) is 19.7 Å². The smallest absolute Gasteiger partial charge is 0.410 e. The van der Waals surface area contributed by atoms with E-state index in [0.29, 0.717) is 31.4 Å². The Hall–Kier alpha value is -2.38. The molecule has 0 radical (unpaired) electrons. The SMILES string of the molecule is CCOC(=O)C1CCCn2c(/C=C/C3CCN(C(=O)OC(C)(C)C)CC3)nnc21. The maximum absolute atomic E-state index is 12.2. The van der Waals surface area contributed by atoms with Gasteiger partial charge >= 0.3 is 12.1 Å². The molecule has 1 atom stereocenters. The quantitative estimate of drug-likeness (QED) is 0.715. The summed E-state index contributed by atoms with van der Waals surface area (Å²) in [4.78, 5) is 26.1. The van der Waals surface area contributed by atoms with E-state index < -0.39 is 5.60 Å². The van der Waals surface area contributed by atoms with Gasteiger partial charge in [-0.25, -0.2) is 4.79 Å². The van der Waals surface area contributed by atoms with Crippen LogP contribution in [0.1, 0.15) is 70.9 Å². The van der Waals surface area contributed by atoms with Crippen LogP contribution >= 0.6 is 0 Å². The Morgan fingerprint density at radius 3 is 2.52 bits per heavy atom. The summed E-state index contributed by atoms with van der Waals surface area (Å²) in [6, 6.07) is 0. The maximum Gasteiger partial charge on any atom is 0.410 e. The Labute approximate surface area is 172 Å². The third-order valence-corrected chi connectivity index (χ3v) is 5.27. The Bertz CT molecular complexity index is 757. The van der Waals surface area contributed by atoms with E-state index in [4.69, 9.17) is 9.47 Å². The number of aromatic nitrogens is 3. The van der Waals surface area contributed by atoms with Gasteiger partial charge in [0, 0.05) is 19.6 Å². The molecule has 0 saturated carbocycles. The molecule has 2 aliphatic heterocycles. The van der Waals surface area contributed by atoms with Crippen molar-refractivity contribution in [2.24, 2.45) is 5.92 Å². The van der Waals surface area contributed by atoms with Crippen LogP contribution in [0.15, 0.2) is 6.08 Å². The number of allylic oxidation sites excluding steroid dienone is 1. The van der Waals surface area contributed by atoms with Crippen molar-refractivity contribution in [3.8, 4) is 0 Å². The molecule has 1 unspecified atom stereocenters. The number of ether oxygens (including phenoxy) is 2. The second-order valence-electron chi connectivity index (χ2n) is 8.68. The van der Waals surface area contributed by atoms with Crippen LogP contribution in [-0.2, 0) is 20.8 Å². The zero-order valence-electron chi connectivity index (χ0n) is 17.9. The van der Waals surface area contributed by atoms with Gasteiger partial charge in [0.1, 0.15) is 17.3 Å². The molecule has 8 nitrogen and oxygen atoms in total. The zero-order valence-corrected chi connectivity index (χ0v) is 17.9. The van der Waals surface area contributed by atoms with Crippen molar-refractivity contribution in [2.75, 3.05) is 19.7 Å². The van der Waals surface area contributed by atoms with Gasteiger partial charge in [0.25, 0.3) is 0 Å². The lowest BCUT2D eigenvalue weighted by molar-refractivity contribution is -0.145. The number of piperidine rings is 1. The molecule has 0 bridgehead atoms. The molecular weight excluding hydrogens is 372 g/mol. The number of likely N-dealkylation sites (tertiary alicyclic amines) is 1. The topological polar surface area (TPSA) is 86.5 Å². The van der Waals surface area contributed by atoms with Gasteiger partial charge in [-0.1, -0.05) is 6.08 Å². The largest absolute Gasteiger partial charge is 0.465 e. The van der Waals surface area contributed by atoms with Crippen molar-refractivity contribution in [1.29, 1.82) is 0 Å². The number of nitrogens with zero attached hydrogens (tertiary/aromatic N) is 4. The fourth-order valence-corrected chi connectivity index (χ4v) is 3.81. The third-order valence-electron chi connectivity index (χ3n) is 5.27. The molecule has 1 aromatic rings. The first-order valence-electron chi connectivity index (χ1n) is 10.5. The Kier molecular flexibility index (Phi) is 6.59. The molecule has 0 N–H and O–H groups in total. The van der Waals surface area contributed by atoms with Gasteiger partial charge < -0.3 is 18.9 Å². The van der Waals surface area contributed by atoms with Crippen molar-refractivity contribution < 1.29 is 19.1 Å². The number of hydrogen-bond donors (Lipinski definition) is 0. The van der Waals surface area contributed by atoms with Crippen LogP contribution in [0.3, 0.4) is 0 Å². The van der Waals surface area contributed by atoms with Gasteiger partial charge in [-0.05, 0) is 65.4 Å². The van der Waals surface area contributed by atoms with Crippen LogP contribution in [0.4, 0.5) is 4.79 Å². The van der Waals surface area contributed by atoms with Gasteiger partial charge in [0.05, 0.1) is 6.61 Å². The summed E-state index contributed by atoms with van der Waals surface area (Å²) < 4.78 is 12.7. The Morgan fingerprint density at radius 1 is 1.14 bits per heavy atom. The minimum absolute atomic E-state index is 0.217. The molecule has 0 aliphatic carbocycles. The Balaban J connectivity index is 1.58. The average Bonchev–Trinajstić information content (AvgIpc) is 3.09. The highest BCUT2D eigenvalue weighted by Gasteiger charge is 2.31. The predicted octanol–water partition coefficient (Wildman–Crippen LogP) is 3.38. The fraction of sp³-hybridized carbons (Fsp3) is 0.714. The van der Waals surface area contributed by atoms with Gasteiger partial charge in [-0.15, -0.1) is 10.2 Å². The molecule has 1 aromatic heterocycles. The molecule has 0 spiro atoms. The number of carbonyl (C=O) groups is 2. The van der Waals surface area contributed by atoms with E-state index >= 15 is 0 Å². The summed E-state index contributed by atoms with van der Waals surface area (Å²) in [5, 5.41) is 8.56. The number of esters is 1. The standard InChI is InChI=1S/C21H32N4O4/c1-5-28-19(26)16-7-6-12-25-17(22-23-18(16)25)9-8-15-10-13-24(14-11-15)20(27)29-21(2,3)4/h8-9,15-16H,5-7,10-14H2,1-4H3/b9-8+. The second-order valence-corrected chi connectivity index (χ2v) is 8.68. The third kappa shape index (κ3) is 5.36.